The molecule has 0 spiro atoms. The van der Waals surface area contributed by atoms with E-state index in [9.17, 15) is 4.79 Å². The summed E-state index contributed by atoms with van der Waals surface area (Å²) in [6, 6.07) is 1.82. The fraction of sp³-hybridized carbons (Fsp3) is 0.154. The van der Waals surface area contributed by atoms with Gasteiger partial charge in [-0.15, -0.1) is 22.7 Å². The van der Waals surface area contributed by atoms with Crippen molar-refractivity contribution in [3.8, 4) is 0 Å². The number of aromatic nitrogens is 2. The van der Waals surface area contributed by atoms with Crippen molar-refractivity contribution in [2.75, 3.05) is 5.73 Å². The summed E-state index contributed by atoms with van der Waals surface area (Å²) in [6.07, 6.45) is 3.40. The van der Waals surface area contributed by atoms with Gasteiger partial charge in [0.25, 0.3) is 5.91 Å². The van der Waals surface area contributed by atoms with E-state index in [1.807, 2.05) is 13.0 Å². The van der Waals surface area contributed by atoms with E-state index in [2.05, 4.69) is 15.3 Å². The molecule has 102 valence electrons. The van der Waals surface area contributed by atoms with Crippen LogP contribution in [0.2, 0.25) is 0 Å². The van der Waals surface area contributed by atoms with Crippen LogP contribution in [0.1, 0.15) is 20.2 Å². The molecule has 5 nitrogen and oxygen atoms in total. The zero-order valence-electron chi connectivity index (χ0n) is 10.7. The van der Waals surface area contributed by atoms with Gasteiger partial charge in [-0.05, 0) is 13.0 Å². The summed E-state index contributed by atoms with van der Waals surface area (Å²) in [5.41, 5.74) is 9.27. The first-order valence-electron chi connectivity index (χ1n) is 5.96. The maximum atomic E-state index is 12.2. The number of nitrogens with zero attached hydrogens (tertiary/aromatic N) is 2. The third-order valence-electron chi connectivity index (χ3n) is 2.99. The van der Waals surface area contributed by atoms with Crippen LogP contribution < -0.4 is 11.1 Å². The first-order chi connectivity index (χ1) is 9.66. The Morgan fingerprint density at radius 3 is 3.05 bits per heavy atom. The Bertz CT molecular complexity index is 778. The molecule has 0 fully saturated rings. The number of pyridine rings is 1. The van der Waals surface area contributed by atoms with Crippen molar-refractivity contribution in [2.45, 2.75) is 13.5 Å². The second-order valence-electron chi connectivity index (χ2n) is 4.26. The number of rotatable bonds is 3. The summed E-state index contributed by atoms with van der Waals surface area (Å²) in [5.74, 6) is -0.156. The lowest BCUT2D eigenvalue weighted by molar-refractivity contribution is 0.0956. The number of carbonyl (C=O) groups is 1. The number of hydrogen-bond acceptors (Lipinski definition) is 6. The van der Waals surface area contributed by atoms with Gasteiger partial charge < -0.3 is 11.1 Å². The van der Waals surface area contributed by atoms with Crippen molar-refractivity contribution >= 4 is 44.4 Å². The van der Waals surface area contributed by atoms with Gasteiger partial charge in [0.1, 0.15) is 4.88 Å². The molecule has 3 N–H and O–H groups in total. The molecule has 0 aliphatic rings. The maximum absolute atomic E-state index is 12.2. The summed E-state index contributed by atoms with van der Waals surface area (Å²) in [4.78, 5) is 22.0. The molecule has 3 rings (SSSR count). The number of anilines is 1. The fourth-order valence-corrected chi connectivity index (χ4v) is 3.60. The Kier molecular flexibility index (Phi) is 3.37. The highest BCUT2D eigenvalue weighted by Crippen LogP contribution is 2.32. The van der Waals surface area contributed by atoms with Gasteiger partial charge in [0.15, 0.2) is 0 Å². The summed E-state index contributed by atoms with van der Waals surface area (Å²) < 4.78 is 0.920. The van der Waals surface area contributed by atoms with Gasteiger partial charge in [-0.2, -0.15) is 0 Å². The van der Waals surface area contributed by atoms with Crippen LogP contribution in [-0.4, -0.2) is 15.9 Å². The van der Waals surface area contributed by atoms with Crippen LogP contribution in [0.3, 0.4) is 0 Å². The highest BCUT2D eigenvalue weighted by atomic mass is 32.1. The normalized spacial score (nSPS) is 10.8. The monoisotopic (exact) mass is 304 g/mol. The first-order valence-corrected chi connectivity index (χ1v) is 7.65. The lowest BCUT2D eigenvalue weighted by atomic mass is 10.2. The quantitative estimate of drug-likeness (QED) is 0.779. The molecule has 20 heavy (non-hydrogen) atoms. The van der Waals surface area contributed by atoms with E-state index in [0.29, 0.717) is 17.1 Å². The van der Waals surface area contributed by atoms with Crippen LogP contribution >= 0.6 is 22.7 Å². The second kappa shape index (κ2) is 5.18. The lowest BCUT2D eigenvalue weighted by Crippen LogP contribution is -2.22. The van der Waals surface area contributed by atoms with E-state index < -0.39 is 0 Å². The Labute approximate surface area is 123 Å². The molecule has 1 amide bonds. The van der Waals surface area contributed by atoms with Gasteiger partial charge in [-0.25, -0.2) is 4.98 Å². The molecule has 0 aliphatic heterocycles. The number of fused-ring (bicyclic) bond motifs is 1. The SMILES string of the molecule is Cc1ncsc1CNC(=O)c1sc2cnccc2c1N. The van der Waals surface area contributed by atoms with Crippen LogP contribution in [0.5, 0.6) is 0 Å². The molecule has 0 bridgehead atoms. The number of thiophene rings is 1. The molecule has 0 aliphatic carbocycles. The average Bonchev–Trinajstić information content (AvgIpc) is 3.01. The average molecular weight is 304 g/mol. The molecular weight excluding hydrogens is 292 g/mol. The van der Waals surface area contributed by atoms with Gasteiger partial charge in [0.05, 0.1) is 28.1 Å². The summed E-state index contributed by atoms with van der Waals surface area (Å²) in [5, 5.41) is 3.76. The van der Waals surface area contributed by atoms with Crippen LogP contribution in [0.4, 0.5) is 5.69 Å². The Morgan fingerprint density at radius 1 is 1.50 bits per heavy atom. The Morgan fingerprint density at radius 2 is 2.35 bits per heavy atom. The third-order valence-corrected chi connectivity index (χ3v) is 5.08. The lowest BCUT2D eigenvalue weighted by Gasteiger charge is -2.03. The summed E-state index contributed by atoms with van der Waals surface area (Å²) in [6.45, 7) is 2.40. The number of nitrogens with two attached hydrogens (primary N) is 1. The number of hydrogen-bond donors (Lipinski definition) is 2. The van der Waals surface area contributed by atoms with Crippen molar-refractivity contribution < 1.29 is 4.79 Å². The van der Waals surface area contributed by atoms with Gasteiger partial charge in [-0.1, -0.05) is 0 Å². The van der Waals surface area contributed by atoms with Crippen molar-refractivity contribution in [1.82, 2.24) is 15.3 Å². The molecule has 3 heterocycles. The van der Waals surface area contributed by atoms with Crippen molar-refractivity contribution in [3.63, 3.8) is 0 Å². The van der Waals surface area contributed by atoms with E-state index in [0.717, 1.165) is 20.7 Å². The molecule has 0 unspecified atom stereocenters. The topological polar surface area (TPSA) is 80.9 Å². The van der Waals surface area contributed by atoms with Crippen LogP contribution in [0, 0.1) is 6.92 Å². The first kappa shape index (κ1) is 13.0. The van der Waals surface area contributed by atoms with E-state index >= 15 is 0 Å². The van der Waals surface area contributed by atoms with Crippen LogP contribution in [0.25, 0.3) is 10.1 Å². The van der Waals surface area contributed by atoms with Gasteiger partial charge >= 0.3 is 0 Å². The Hall–Kier alpha value is -1.99. The van der Waals surface area contributed by atoms with Gasteiger partial charge in [-0.3, -0.25) is 9.78 Å². The molecule has 3 aromatic rings. The summed E-state index contributed by atoms with van der Waals surface area (Å²) in [7, 11) is 0. The molecule has 3 aromatic heterocycles. The zero-order valence-corrected chi connectivity index (χ0v) is 12.3. The highest BCUT2D eigenvalue weighted by molar-refractivity contribution is 7.21. The molecule has 0 saturated heterocycles. The minimum Gasteiger partial charge on any atom is -0.397 e. The number of carbonyl (C=O) groups excluding carboxylic acids is 1. The van der Waals surface area contributed by atoms with Crippen molar-refractivity contribution in [1.29, 1.82) is 0 Å². The number of nitrogens with one attached hydrogen (secondary N) is 1. The number of nitrogen functional groups attached to an aromatic ring is 1. The zero-order chi connectivity index (χ0) is 14.1. The number of thiazole rings is 1. The molecule has 0 radical (unpaired) electrons. The predicted octanol–water partition coefficient (Wildman–Crippen LogP) is 2.57. The van der Waals surface area contributed by atoms with Crippen LogP contribution in [-0.2, 0) is 6.54 Å². The van der Waals surface area contributed by atoms with E-state index in [1.165, 1.54) is 22.7 Å². The molecule has 0 aromatic carbocycles. The van der Waals surface area contributed by atoms with Crippen LogP contribution in [0.15, 0.2) is 24.0 Å². The highest BCUT2D eigenvalue weighted by Gasteiger charge is 2.16. The number of amides is 1. The maximum Gasteiger partial charge on any atom is 0.263 e. The van der Waals surface area contributed by atoms with Gasteiger partial charge in [0.2, 0.25) is 0 Å². The fourth-order valence-electron chi connectivity index (χ4n) is 1.88. The summed E-state index contributed by atoms with van der Waals surface area (Å²) >= 11 is 2.89. The molecule has 0 saturated carbocycles. The van der Waals surface area contributed by atoms with E-state index in [4.69, 9.17) is 5.73 Å². The van der Waals surface area contributed by atoms with Crippen molar-refractivity contribution in [2.24, 2.45) is 0 Å². The molecule has 7 heteroatoms. The third kappa shape index (κ3) is 2.25. The smallest absolute Gasteiger partial charge is 0.263 e. The minimum atomic E-state index is -0.156. The largest absolute Gasteiger partial charge is 0.397 e. The van der Waals surface area contributed by atoms with E-state index in [1.54, 1.807) is 17.9 Å². The Balaban J connectivity index is 1.82. The standard InChI is InChI=1S/C13H12N4OS2/c1-7-9(19-6-17-7)5-16-13(18)12-11(14)8-2-3-15-4-10(8)20-12/h2-4,6H,5,14H2,1H3,(H,16,18). The predicted molar refractivity (Wildman–Crippen MR) is 82.1 cm³/mol. The van der Waals surface area contributed by atoms with Crippen molar-refractivity contribution in [3.05, 3.63) is 39.4 Å². The van der Waals surface area contributed by atoms with Gasteiger partial charge in [0, 0.05) is 22.7 Å². The molecular formula is C13H12N4OS2. The van der Waals surface area contributed by atoms with E-state index in [-0.39, 0.29) is 5.91 Å². The minimum absolute atomic E-state index is 0.156. The second-order valence-corrected chi connectivity index (χ2v) is 6.25. The molecule has 0 atom stereocenters. The number of aryl methyl sites for hydroxylation is 1.